The van der Waals surface area contributed by atoms with Crippen molar-refractivity contribution >= 4 is 34.7 Å². The third-order valence-corrected chi connectivity index (χ3v) is 3.64. The van der Waals surface area contributed by atoms with Crippen molar-refractivity contribution in [3.63, 3.8) is 0 Å². The van der Waals surface area contributed by atoms with Gasteiger partial charge in [-0.25, -0.2) is 9.97 Å². The topological polar surface area (TPSA) is 76.1 Å². The molecule has 0 atom stereocenters. The molecule has 0 aliphatic rings. The minimum atomic E-state index is -0.337. The second-order valence-electron chi connectivity index (χ2n) is 5.33. The summed E-state index contributed by atoms with van der Waals surface area (Å²) in [6.07, 6.45) is 2.91. The van der Waals surface area contributed by atoms with E-state index in [1.165, 1.54) is 12.4 Å². The lowest BCUT2D eigenvalue weighted by Crippen LogP contribution is -2.14. The molecule has 2 aromatic carbocycles. The number of halogens is 1. The number of hydrogen-bond acceptors (Lipinski definition) is 5. The van der Waals surface area contributed by atoms with Crippen molar-refractivity contribution in [2.45, 2.75) is 6.92 Å². The van der Waals surface area contributed by atoms with Crippen LogP contribution in [0.2, 0.25) is 5.02 Å². The highest BCUT2D eigenvalue weighted by atomic mass is 35.5. The van der Waals surface area contributed by atoms with Gasteiger partial charge in [-0.3, -0.25) is 4.79 Å². The number of anilines is 3. The first-order valence-electron chi connectivity index (χ1n) is 8.03. The third-order valence-electron chi connectivity index (χ3n) is 3.40. The van der Waals surface area contributed by atoms with Gasteiger partial charge in [-0.1, -0.05) is 17.7 Å². The summed E-state index contributed by atoms with van der Waals surface area (Å²) in [5.41, 5.74) is 1.66. The van der Waals surface area contributed by atoms with E-state index >= 15 is 0 Å². The van der Waals surface area contributed by atoms with E-state index in [2.05, 4.69) is 20.6 Å². The lowest BCUT2D eigenvalue weighted by atomic mass is 10.3. The van der Waals surface area contributed by atoms with Gasteiger partial charge in [-0.2, -0.15) is 0 Å². The Balaban J connectivity index is 1.63. The Labute approximate surface area is 156 Å². The molecular formula is C19H17ClN4O2. The Morgan fingerprint density at radius 3 is 2.54 bits per heavy atom. The van der Waals surface area contributed by atoms with Crippen molar-refractivity contribution < 1.29 is 9.53 Å². The van der Waals surface area contributed by atoms with E-state index in [-0.39, 0.29) is 11.6 Å². The van der Waals surface area contributed by atoms with Crippen LogP contribution < -0.4 is 15.4 Å². The summed E-state index contributed by atoms with van der Waals surface area (Å²) < 4.78 is 5.37. The molecule has 6 nitrogen and oxygen atoms in total. The molecule has 0 saturated heterocycles. The van der Waals surface area contributed by atoms with Crippen LogP contribution in [0.25, 0.3) is 0 Å². The highest BCUT2D eigenvalue weighted by Gasteiger charge is 2.09. The molecule has 0 radical (unpaired) electrons. The number of amides is 1. The molecule has 2 N–H and O–H groups in total. The second kappa shape index (κ2) is 8.31. The van der Waals surface area contributed by atoms with E-state index in [9.17, 15) is 4.79 Å². The smallest absolute Gasteiger partial charge is 0.275 e. The summed E-state index contributed by atoms with van der Waals surface area (Å²) in [5.74, 6) is 0.933. The lowest BCUT2D eigenvalue weighted by molar-refractivity contribution is 0.102. The fourth-order valence-electron chi connectivity index (χ4n) is 2.22. The van der Waals surface area contributed by atoms with Crippen LogP contribution in [0.4, 0.5) is 17.2 Å². The highest BCUT2D eigenvalue weighted by molar-refractivity contribution is 6.30. The molecule has 7 heteroatoms. The van der Waals surface area contributed by atoms with Gasteiger partial charge < -0.3 is 15.4 Å². The molecule has 1 amide bonds. The molecule has 1 heterocycles. The molecule has 0 bridgehead atoms. The molecule has 0 unspecified atom stereocenters. The SMILES string of the molecule is CCOc1ccc(NC(=O)c2cnc(Nc3cccc(Cl)c3)cn2)cc1. The average molecular weight is 369 g/mol. The van der Waals surface area contributed by atoms with Crippen LogP contribution in [0.1, 0.15) is 17.4 Å². The van der Waals surface area contributed by atoms with E-state index in [1.807, 2.05) is 19.1 Å². The van der Waals surface area contributed by atoms with Gasteiger partial charge in [0.15, 0.2) is 0 Å². The first kappa shape index (κ1) is 17.7. The minimum Gasteiger partial charge on any atom is -0.494 e. The number of carbonyl (C=O) groups is 1. The molecule has 0 aliphatic heterocycles. The van der Waals surface area contributed by atoms with Gasteiger partial charge in [0.25, 0.3) is 5.91 Å². The van der Waals surface area contributed by atoms with Gasteiger partial charge in [0.05, 0.1) is 19.0 Å². The number of nitrogens with zero attached hydrogens (tertiary/aromatic N) is 2. The quantitative estimate of drug-likeness (QED) is 0.668. The standard InChI is InChI=1S/C19H17ClN4O2/c1-2-26-16-8-6-14(7-9-16)24-19(25)17-11-22-18(12-21-17)23-15-5-3-4-13(20)10-15/h3-12H,2H2,1H3,(H,22,23)(H,24,25). The third kappa shape index (κ3) is 4.70. The van der Waals surface area contributed by atoms with Crippen LogP contribution in [0.3, 0.4) is 0 Å². The summed E-state index contributed by atoms with van der Waals surface area (Å²) in [5, 5.41) is 6.46. The van der Waals surface area contributed by atoms with Crippen LogP contribution in [-0.2, 0) is 0 Å². The molecular weight excluding hydrogens is 352 g/mol. The number of hydrogen-bond donors (Lipinski definition) is 2. The molecule has 0 saturated carbocycles. The number of ether oxygens (including phenoxy) is 1. The minimum absolute atomic E-state index is 0.218. The molecule has 132 valence electrons. The number of nitrogens with one attached hydrogen (secondary N) is 2. The molecule has 0 aliphatic carbocycles. The summed E-state index contributed by atoms with van der Waals surface area (Å²) in [4.78, 5) is 20.6. The highest BCUT2D eigenvalue weighted by Crippen LogP contribution is 2.19. The normalized spacial score (nSPS) is 10.2. The lowest BCUT2D eigenvalue weighted by Gasteiger charge is -2.08. The van der Waals surface area contributed by atoms with Crippen molar-refractivity contribution in [3.8, 4) is 5.75 Å². The van der Waals surface area contributed by atoms with E-state index < -0.39 is 0 Å². The van der Waals surface area contributed by atoms with E-state index in [1.54, 1.807) is 36.4 Å². The predicted octanol–water partition coefficient (Wildman–Crippen LogP) is 4.52. The number of carbonyl (C=O) groups excluding carboxylic acids is 1. The van der Waals surface area contributed by atoms with Gasteiger partial charge in [0.2, 0.25) is 0 Å². The van der Waals surface area contributed by atoms with Crippen LogP contribution in [0, 0.1) is 0 Å². The summed E-state index contributed by atoms with van der Waals surface area (Å²) in [7, 11) is 0. The van der Waals surface area contributed by atoms with Crippen molar-refractivity contribution in [2.24, 2.45) is 0 Å². The average Bonchev–Trinajstić information content (AvgIpc) is 2.64. The summed E-state index contributed by atoms with van der Waals surface area (Å²) >= 11 is 5.95. The van der Waals surface area contributed by atoms with E-state index in [4.69, 9.17) is 16.3 Å². The molecule has 3 rings (SSSR count). The number of aromatic nitrogens is 2. The molecule has 1 aromatic heterocycles. The van der Waals surface area contributed by atoms with Gasteiger partial charge in [-0.05, 0) is 49.4 Å². The van der Waals surface area contributed by atoms with Crippen LogP contribution in [-0.4, -0.2) is 22.5 Å². The van der Waals surface area contributed by atoms with Gasteiger partial charge in [0.1, 0.15) is 17.3 Å². The van der Waals surface area contributed by atoms with Crippen LogP contribution >= 0.6 is 11.6 Å². The van der Waals surface area contributed by atoms with Crippen molar-refractivity contribution in [2.75, 3.05) is 17.2 Å². The Morgan fingerprint density at radius 1 is 1.08 bits per heavy atom. The fraction of sp³-hybridized carbons (Fsp3) is 0.105. The number of rotatable bonds is 6. The van der Waals surface area contributed by atoms with E-state index in [0.717, 1.165) is 11.4 Å². The monoisotopic (exact) mass is 368 g/mol. The van der Waals surface area contributed by atoms with Crippen LogP contribution in [0.15, 0.2) is 60.9 Å². The Morgan fingerprint density at radius 2 is 1.88 bits per heavy atom. The predicted molar refractivity (Wildman–Crippen MR) is 102 cm³/mol. The summed E-state index contributed by atoms with van der Waals surface area (Å²) in [6.45, 7) is 2.51. The largest absolute Gasteiger partial charge is 0.494 e. The maximum absolute atomic E-state index is 12.3. The molecule has 0 spiro atoms. The Hall–Kier alpha value is -3.12. The summed E-state index contributed by atoms with van der Waals surface area (Å²) in [6, 6.07) is 14.4. The van der Waals surface area contributed by atoms with Crippen LogP contribution in [0.5, 0.6) is 5.75 Å². The Bertz CT molecular complexity index is 883. The number of benzene rings is 2. The van der Waals surface area contributed by atoms with E-state index in [0.29, 0.717) is 23.1 Å². The Kier molecular flexibility index (Phi) is 5.66. The van der Waals surface area contributed by atoms with Gasteiger partial charge >= 0.3 is 0 Å². The van der Waals surface area contributed by atoms with Gasteiger partial charge in [0, 0.05) is 16.4 Å². The molecule has 3 aromatic rings. The molecule has 26 heavy (non-hydrogen) atoms. The van der Waals surface area contributed by atoms with Crippen molar-refractivity contribution in [3.05, 3.63) is 71.6 Å². The fourth-order valence-corrected chi connectivity index (χ4v) is 2.41. The first-order valence-corrected chi connectivity index (χ1v) is 8.40. The zero-order valence-corrected chi connectivity index (χ0v) is 14.8. The maximum atomic E-state index is 12.3. The maximum Gasteiger partial charge on any atom is 0.275 e. The van der Waals surface area contributed by atoms with Crippen molar-refractivity contribution in [1.82, 2.24) is 9.97 Å². The second-order valence-corrected chi connectivity index (χ2v) is 5.77. The van der Waals surface area contributed by atoms with Gasteiger partial charge in [-0.15, -0.1) is 0 Å². The zero-order valence-electron chi connectivity index (χ0n) is 14.1. The first-order chi connectivity index (χ1) is 12.6. The zero-order chi connectivity index (χ0) is 18.4. The van der Waals surface area contributed by atoms with Crippen molar-refractivity contribution in [1.29, 1.82) is 0 Å². The molecule has 0 fully saturated rings.